The van der Waals surface area contributed by atoms with Crippen LogP contribution >= 0.6 is 23.7 Å². The topological polar surface area (TPSA) is 50.8 Å². The van der Waals surface area contributed by atoms with Gasteiger partial charge in [-0.2, -0.15) is 11.3 Å². The number of nitrogens with one attached hydrogen (secondary N) is 1. The number of carbonyl (C=O) groups is 1. The van der Waals surface area contributed by atoms with Gasteiger partial charge in [-0.3, -0.25) is 4.79 Å². The van der Waals surface area contributed by atoms with Crippen LogP contribution in [-0.2, 0) is 20.8 Å². The number of nitrogens with zero attached hydrogens (tertiary/aromatic N) is 1. The van der Waals surface area contributed by atoms with Crippen molar-refractivity contribution in [2.24, 2.45) is 5.41 Å². The number of carbonyl (C=O) groups excluding carboxylic acids is 1. The number of hydrogen-bond acceptors (Lipinski definition) is 5. The van der Waals surface area contributed by atoms with Crippen LogP contribution in [0.25, 0.3) is 0 Å². The van der Waals surface area contributed by atoms with Crippen LogP contribution in [0.5, 0.6) is 0 Å². The molecular formula is C19H29ClN2O3S. The van der Waals surface area contributed by atoms with E-state index < -0.39 is 0 Å². The van der Waals surface area contributed by atoms with Crippen LogP contribution in [0.3, 0.4) is 0 Å². The molecule has 2 saturated heterocycles. The molecule has 1 aromatic heterocycles. The monoisotopic (exact) mass is 400 g/mol. The summed E-state index contributed by atoms with van der Waals surface area (Å²) in [5.41, 5.74) is 1.58. The van der Waals surface area contributed by atoms with Crippen molar-refractivity contribution in [3.63, 3.8) is 0 Å². The fourth-order valence-electron chi connectivity index (χ4n) is 4.32. The Morgan fingerprint density at radius 3 is 2.96 bits per heavy atom. The Hall–Kier alpha value is -0.660. The van der Waals surface area contributed by atoms with E-state index in [0.717, 1.165) is 39.0 Å². The molecule has 3 heterocycles. The van der Waals surface area contributed by atoms with Crippen LogP contribution in [0.2, 0.25) is 0 Å². The maximum absolute atomic E-state index is 12.9. The van der Waals surface area contributed by atoms with Gasteiger partial charge in [0.05, 0.1) is 12.7 Å². The van der Waals surface area contributed by atoms with E-state index in [2.05, 4.69) is 27.0 Å². The summed E-state index contributed by atoms with van der Waals surface area (Å²) in [4.78, 5) is 15.0. The molecule has 1 aromatic rings. The third-order valence-electron chi connectivity index (χ3n) is 5.93. The quantitative estimate of drug-likeness (QED) is 0.764. The van der Waals surface area contributed by atoms with Crippen LogP contribution in [0.4, 0.5) is 0 Å². The second-order valence-corrected chi connectivity index (χ2v) is 8.42. The lowest BCUT2D eigenvalue weighted by atomic mass is 9.93. The molecule has 0 aromatic carbocycles. The van der Waals surface area contributed by atoms with Gasteiger partial charge in [0.1, 0.15) is 6.61 Å². The number of thiophene rings is 1. The maximum atomic E-state index is 12.9. The Kier molecular flexibility index (Phi) is 6.97. The average molecular weight is 401 g/mol. The standard InChI is InChI=1S/C19H28N2O3S.ClH/c22-18(13-23-12-16-2-1-8-24-16)21(11-15-3-9-25-14-15)17-10-19(17)4-6-20-7-5-19;/h3,9,14,16-17,20H,1-2,4-8,10-13H2;1H. The fourth-order valence-corrected chi connectivity index (χ4v) is 4.98. The third-order valence-corrected chi connectivity index (χ3v) is 6.66. The Bertz CT molecular complexity index is 571. The van der Waals surface area contributed by atoms with Crippen LogP contribution in [0, 0.1) is 5.41 Å². The highest BCUT2D eigenvalue weighted by molar-refractivity contribution is 7.07. The molecule has 3 fully saturated rings. The molecule has 0 bridgehead atoms. The smallest absolute Gasteiger partial charge is 0.249 e. The van der Waals surface area contributed by atoms with Crippen molar-refractivity contribution >= 4 is 29.7 Å². The molecule has 3 aliphatic rings. The van der Waals surface area contributed by atoms with E-state index >= 15 is 0 Å². The van der Waals surface area contributed by atoms with Gasteiger partial charge in [-0.05, 0) is 73.0 Å². The van der Waals surface area contributed by atoms with E-state index in [9.17, 15) is 4.79 Å². The minimum Gasteiger partial charge on any atom is -0.376 e. The molecule has 2 unspecified atom stereocenters. The summed E-state index contributed by atoms with van der Waals surface area (Å²) in [5.74, 6) is 0.129. The predicted molar refractivity (Wildman–Crippen MR) is 105 cm³/mol. The highest BCUT2D eigenvalue weighted by Gasteiger charge is 2.57. The van der Waals surface area contributed by atoms with Gasteiger partial charge in [-0.1, -0.05) is 0 Å². The number of rotatable bonds is 7. The molecule has 1 spiro atoms. The van der Waals surface area contributed by atoms with Crippen molar-refractivity contribution in [1.82, 2.24) is 10.2 Å². The van der Waals surface area contributed by atoms with Gasteiger partial charge < -0.3 is 19.7 Å². The Balaban J connectivity index is 0.00000196. The summed E-state index contributed by atoms with van der Waals surface area (Å²) in [6.45, 7) is 4.40. The van der Waals surface area contributed by atoms with Crippen molar-refractivity contribution in [3.8, 4) is 0 Å². The lowest BCUT2D eigenvalue weighted by molar-refractivity contribution is -0.139. The van der Waals surface area contributed by atoms with Gasteiger partial charge >= 0.3 is 0 Å². The predicted octanol–water partition coefficient (Wildman–Crippen LogP) is 2.84. The lowest BCUT2D eigenvalue weighted by Gasteiger charge is -2.29. The SMILES string of the molecule is Cl.O=C(COCC1CCCO1)N(Cc1ccsc1)C1CC12CCNCC2. The van der Waals surface area contributed by atoms with E-state index in [1.54, 1.807) is 11.3 Å². The lowest BCUT2D eigenvalue weighted by Crippen LogP contribution is -2.40. The maximum Gasteiger partial charge on any atom is 0.249 e. The largest absolute Gasteiger partial charge is 0.376 e. The molecule has 2 aliphatic heterocycles. The summed E-state index contributed by atoms with van der Waals surface area (Å²) in [6.07, 6.45) is 5.84. The second-order valence-electron chi connectivity index (χ2n) is 7.64. The van der Waals surface area contributed by atoms with E-state index in [0.29, 0.717) is 24.6 Å². The molecule has 0 radical (unpaired) electrons. The van der Waals surface area contributed by atoms with Gasteiger partial charge in [-0.15, -0.1) is 12.4 Å². The molecular weight excluding hydrogens is 372 g/mol. The molecule has 146 valence electrons. The third kappa shape index (κ3) is 4.60. The number of piperidine rings is 1. The first kappa shape index (κ1) is 20.1. The average Bonchev–Trinajstić information content (AvgIpc) is 3.07. The van der Waals surface area contributed by atoms with Crippen LogP contribution < -0.4 is 5.32 Å². The summed E-state index contributed by atoms with van der Waals surface area (Å²) < 4.78 is 11.3. The van der Waals surface area contributed by atoms with E-state index in [1.807, 2.05) is 0 Å². The van der Waals surface area contributed by atoms with Gasteiger partial charge in [0.2, 0.25) is 5.91 Å². The normalized spacial score (nSPS) is 26.5. The number of hydrogen-bond donors (Lipinski definition) is 1. The van der Waals surface area contributed by atoms with Crippen molar-refractivity contribution in [2.75, 3.05) is 32.9 Å². The molecule has 4 rings (SSSR count). The molecule has 1 aliphatic carbocycles. The van der Waals surface area contributed by atoms with Gasteiger partial charge in [-0.25, -0.2) is 0 Å². The van der Waals surface area contributed by atoms with Crippen LogP contribution in [0.1, 0.15) is 37.7 Å². The molecule has 7 heteroatoms. The first-order valence-electron chi connectivity index (χ1n) is 9.47. The number of amides is 1. The number of ether oxygens (including phenoxy) is 2. The zero-order valence-corrected chi connectivity index (χ0v) is 16.8. The summed E-state index contributed by atoms with van der Waals surface area (Å²) in [5, 5.41) is 7.67. The summed E-state index contributed by atoms with van der Waals surface area (Å²) in [6, 6.07) is 2.50. The first-order chi connectivity index (χ1) is 12.3. The van der Waals surface area contributed by atoms with Crippen molar-refractivity contribution in [2.45, 2.75) is 50.8 Å². The van der Waals surface area contributed by atoms with E-state index in [4.69, 9.17) is 9.47 Å². The van der Waals surface area contributed by atoms with Gasteiger partial charge in [0, 0.05) is 19.2 Å². The highest BCUT2D eigenvalue weighted by atomic mass is 35.5. The Labute approximate surface area is 165 Å². The van der Waals surface area contributed by atoms with Crippen molar-refractivity contribution in [3.05, 3.63) is 22.4 Å². The van der Waals surface area contributed by atoms with E-state index in [-0.39, 0.29) is 31.0 Å². The minimum absolute atomic E-state index is 0. The zero-order chi connectivity index (χ0) is 17.1. The summed E-state index contributed by atoms with van der Waals surface area (Å²) in [7, 11) is 0. The second kappa shape index (κ2) is 9.02. The minimum atomic E-state index is 0. The molecule has 1 N–H and O–H groups in total. The fraction of sp³-hybridized carbons (Fsp3) is 0.737. The molecule has 26 heavy (non-hydrogen) atoms. The van der Waals surface area contributed by atoms with Gasteiger partial charge in [0.15, 0.2) is 0 Å². The zero-order valence-electron chi connectivity index (χ0n) is 15.2. The van der Waals surface area contributed by atoms with Crippen LogP contribution in [0.15, 0.2) is 16.8 Å². The molecule has 1 amide bonds. The number of halogens is 1. The van der Waals surface area contributed by atoms with Crippen molar-refractivity contribution in [1.29, 1.82) is 0 Å². The Morgan fingerprint density at radius 2 is 2.27 bits per heavy atom. The van der Waals surface area contributed by atoms with E-state index in [1.165, 1.54) is 18.4 Å². The summed E-state index contributed by atoms with van der Waals surface area (Å²) >= 11 is 1.69. The molecule has 1 saturated carbocycles. The Morgan fingerprint density at radius 1 is 1.42 bits per heavy atom. The highest BCUT2D eigenvalue weighted by Crippen LogP contribution is 2.56. The first-order valence-corrected chi connectivity index (χ1v) is 10.4. The van der Waals surface area contributed by atoms with Gasteiger partial charge in [0.25, 0.3) is 0 Å². The molecule has 5 nitrogen and oxygen atoms in total. The van der Waals surface area contributed by atoms with Crippen molar-refractivity contribution < 1.29 is 14.3 Å². The van der Waals surface area contributed by atoms with Crippen LogP contribution in [-0.4, -0.2) is 55.9 Å². The molecule has 2 atom stereocenters.